The second-order valence-corrected chi connectivity index (χ2v) is 5.18. The van der Waals surface area contributed by atoms with E-state index in [1.165, 1.54) is 0 Å². The molecule has 0 unspecified atom stereocenters. The number of ketones is 1. The van der Waals surface area contributed by atoms with Gasteiger partial charge in [0.15, 0.2) is 0 Å². The predicted octanol–water partition coefficient (Wildman–Crippen LogP) is 1.16. The maximum atomic E-state index is 12.1. The molecule has 2 bridgehead atoms. The van der Waals surface area contributed by atoms with Crippen LogP contribution in [-0.4, -0.2) is 17.7 Å². The van der Waals surface area contributed by atoms with Crippen LogP contribution in [0.15, 0.2) is 24.3 Å². The van der Waals surface area contributed by atoms with Crippen LogP contribution in [0.1, 0.15) is 29.4 Å². The molecule has 1 aromatic rings. The lowest BCUT2D eigenvalue weighted by Crippen LogP contribution is -2.44. The van der Waals surface area contributed by atoms with Gasteiger partial charge >= 0.3 is 11.9 Å². The van der Waals surface area contributed by atoms with Crippen LogP contribution in [0.2, 0.25) is 0 Å². The van der Waals surface area contributed by atoms with Crippen molar-refractivity contribution in [2.75, 3.05) is 0 Å². The lowest BCUT2D eigenvalue weighted by molar-refractivity contribution is -0.154. The van der Waals surface area contributed by atoms with Crippen LogP contribution in [0.3, 0.4) is 0 Å². The van der Waals surface area contributed by atoms with E-state index in [-0.39, 0.29) is 11.7 Å². The van der Waals surface area contributed by atoms with Crippen LogP contribution in [-0.2, 0) is 19.1 Å². The Bertz CT molecular complexity index is 604. The zero-order chi connectivity index (χ0) is 12.4. The van der Waals surface area contributed by atoms with Gasteiger partial charge in [-0.1, -0.05) is 24.3 Å². The van der Waals surface area contributed by atoms with Crippen LogP contribution in [0.4, 0.5) is 0 Å². The summed E-state index contributed by atoms with van der Waals surface area (Å²) in [6, 6.07) is 7.60. The lowest BCUT2D eigenvalue weighted by atomic mass is 9.56. The molecule has 0 amide bonds. The summed E-state index contributed by atoms with van der Waals surface area (Å²) in [7, 11) is 0. The highest BCUT2D eigenvalue weighted by Crippen LogP contribution is 2.56. The Labute approximate surface area is 103 Å². The van der Waals surface area contributed by atoms with Crippen LogP contribution in [0, 0.1) is 11.8 Å². The fraction of sp³-hybridized carbons (Fsp3) is 0.357. The second-order valence-electron chi connectivity index (χ2n) is 5.18. The largest absolute Gasteiger partial charge is 0.393 e. The molecule has 2 fully saturated rings. The first-order valence-electron chi connectivity index (χ1n) is 6.05. The van der Waals surface area contributed by atoms with E-state index in [1.807, 2.05) is 24.3 Å². The van der Waals surface area contributed by atoms with Gasteiger partial charge in [-0.2, -0.15) is 0 Å². The van der Waals surface area contributed by atoms with Gasteiger partial charge in [0.05, 0.1) is 17.8 Å². The van der Waals surface area contributed by atoms with Crippen LogP contribution in [0.25, 0.3) is 0 Å². The van der Waals surface area contributed by atoms with Gasteiger partial charge in [-0.15, -0.1) is 0 Å². The van der Waals surface area contributed by atoms with E-state index in [0.29, 0.717) is 6.42 Å². The van der Waals surface area contributed by atoms with Gasteiger partial charge in [0.25, 0.3) is 0 Å². The van der Waals surface area contributed by atoms with Crippen LogP contribution in [0.5, 0.6) is 0 Å². The van der Waals surface area contributed by atoms with Crippen molar-refractivity contribution >= 4 is 17.7 Å². The summed E-state index contributed by atoms with van der Waals surface area (Å²) in [4.78, 5) is 35.6. The number of ether oxygens (including phenoxy) is 1. The van der Waals surface area contributed by atoms with Crippen molar-refractivity contribution in [2.45, 2.75) is 18.3 Å². The van der Waals surface area contributed by atoms with Crippen molar-refractivity contribution in [3.05, 3.63) is 35.4 Å². The van der Waals surface area contributed by atoms with E-state index in [1.54, 1.807) is 0 Å². The normalized spacial score (nSPS) is 36.3. The molecule has 4 nitrogen and oxygen atoms in total. The Balaban J connectivity index is 1.98. The van der Waals surface area contributed by atoms with Gasteiger partial charge in [0.1, 0.15) is 5.78 Å². The average Bonchev–Trinajstić information content (AvgIpc) is 2.66. The second kappa shape index (κ2) is 3.07. The number of fused-ring (bicyclic) bond motifs is 1. The van der Waals surface area contributed by atoms with E-state index >= 15 is 0 Å². The minimum Gasteiger partial charge on any atom is -0.393 e. The molecule has 4 atom stereocenters. The summed E-state index contributed by atoms with van der Waals surface area (Å²) < 4.78 is 4.74. The smallest absolute Gasteiger partial charge is 0.318 e. The Morgan fingerprint density at radius 2 is 1.61 bits per heavy atom. The maximum Gasteiger partial charge on any atom is 0.318 e. The number of carbonyl (C=O) groups excluding carboxylic acids is 3. The number of cyclic esters (lactones) is 2. The highest BCUT2D eigenvalue weighted by molar-refractivity contribution is 6.05. The summed E-state index contributed by atoms with van der Waals surface area (Å²) >= 11 is 0. The quantitative estimate of drug-likeness (QED) is 0.506. The SMILES string of the molecule is O=C1OC(=O)[C@H]2[C@H]1[C@@H]1CC(=O)[C@H]2c2ccccc21. The molecule has 0 spiro atoms. The van der Waals surface area contributed by atoms with Crippen LogP contribution >= 0.6 is 0 Å². The van der Waals surface area contributed by atoms with Gasteiger partial charge in [0.2, 0.25) is 0 Å². The third-order valence-corrected chi connectivity index (χ3v) is 4.42. The number of rotatable bonds is 0. The van der Waals surface area contributed by atoms with Crippen molar-refractivity contribution < 1.29 is 19.1 Å². The molecule has 3 aliphatic carbocycles. The highest BCUT2D eigenvalue weighted by Gasteiger charge is 2.61. The third-order valence-electron chi connectivity index (χ3n) is 4.42. The molecule has 90 valence electrons. The molecule has 5 rings (SSSR count). The van der Waals surface area contributed by atoms with Crippen molar-refractivity contribution in [2.24, 2.45) is 11.8 Å². The van der Waals surface area contributed by atoms with E-state index in [0.717, 1.165) is 11.1 Å². The molecule has 1 aliphatic heterocycles. The Hall–Kier alpha value is -1.97. The first-order chi connectivity index (χ1) is 8.68. The zero-order valence-corrected chi connectivity index (χ0v) is 9.46. The van der Waals surface area contributed by atoms with E-state index in [4.69, 9.17) is 4.74 Å². The van der Waals surface area contributed by atoms with Gasteiger partial charge in [-0.3, -0.25) is 14.4 Å². The van der Waals surface area contributed by atoms with Crippen molar-refractivity contribution in [3.8, 4) is 0 Å². The van der Waals surface area contributed by atoms with E-state index in [2.05, 4.69) is 0 Å². The minimum absolute atomic E-state index is 0.0617. The molecular weight excluding hydrogens is 232 g/mol. The molecule has 1 heterocycles. The Morgan fingerprint density at radius 3 is 2.39 bits per heavy atom. The lowest BCUT2D eigenvalue weighted by Gasteiger charge is -2.42. The first-order valence-corrected chi connectivity index (χ1v) is 6.05. The number of benzene rings is 1. The van der Waals surface area contributed by atoms with E-state index < -0.39 is 29.7 Å². The van der Waals surface area contributed by atoms with Gasteiger partial charge in [0, 0.05) is 12.3 Å². The third kappa shape index (κ3) is 0.991. The average molecular weight is 242 g/mol. The molecule has 1 aromatic carbocycles. The fourth-order valence-electron chi connectivity index (χ4n) is 3.76. The number of hydrogen-bond acceptors (Lipinski definition) is 4. The minimum atomic E-state index is -0.585. The molecule has 18 heavy (non-hydrogen) atoms. The van der Waals surface area contributed by atoms with Gasteiger partial charge in [-0.05, 0) is 11.1 Å². The highest BCUT2D eigenvalue weighted by atomic mass is 16.6. The summed E-state index contributed by atoms with van der Waals surface area (Å²) in [6.45, 7) is 0. The molecular formula is C14H10O4. The zero-order valence-electron chi connectivity index (χ0n) is 9.46. The van der Waals surface area contributed by atoms with Crippen molar-refractivity contribution in [3.63, 3.8) is 0 Å². The molecule has 4 aliphatic rings. The number of carbonyl (C=O) groups is 3. The molecule has 1 saturated heterocycles. The standard InChI is InChI=1S/C14H10O4/c15-9-5-8-6-3-1-2-4-7(6)10(9)12-11(8)13(16)18-14(12)17/h1-4,8,10-12H,5H2/t8-,10-,11-,12-/m1/s1. The summed E-state index contributed by atoms with van der Waals surface area (Å²) in [5, 5.41) is 0. The first kappa shape index (κ1) is 10.00. The summed E-state index contributed by atoms with van der Waals surface area (Å²) in [5.74, 6) is -2.61. The maximum absolute atomic E-state index is 12.1. The number of hydrogen-bond donors (Lipinski definition) is 0. The van der Waals surface area contributed by atoms with E-state index in [9.17, 15) is 14.4 Å². The van der Waals surface area contributed by atoms with Crippen molar-refractivity contribution in [1.29, 1.82) is 0 Å². The molecule has 1 saturated carbocycles. The summed E-state index contributed by atoms with van der Waals surface area (Å²) in [5.41, 5.74) is 1.95. The van der Waals surface area contributed by atoms with Crippen molar-refractivity contribution in [1.82, 2.24) is 0 Å². The molecule has 0 aromatic heterocycles. The topological polar surface area (TPSA) is 60.4 Å². The number of Topliss-reactive ketones (excluding diaryl/α,β-unsaturated/α-hetero) is 1. The monoisotopic (exact) mass is 242 g/mol. The van der Waals surface area contributed by atoms with Gasteiger partial charge in [-0.25, -0.2) is 0 Å². The Morgan fingerprint density at radius 1 is 0.944 bits per heavy atom. The molecule has 0 N–H and O–H groups in total. The predicted molar refractivity (Wildman–Crippen MR) is 59.6 cm³/mol. The molecule has 4 heteroatoms. The van der Waals surface area contributed by atoms with Crippen LogP contribution < -0.4 is 0 Å². The molecule has 0 radical (unpaired) electrons. The summed E-state index contributed by atoms with van der Waals surface area (Å²) in [6.07, 6.45) is 0.352. The van der Waals surface area contributed by atoms with Gasteiger partial charge < -0.3 is 4.74 Å². The fourth-order valence-corrected chi connectivity index (χ4v) is 3.76. The Kier molecular flexibility index (Phi) is 1.71. The number of esters is 2.